The lowest BCUT2D eigenvalue weighted by Crippen LogP contribution is -2.57. The summed E-state index contributed by atoms with van der Waals surface area (Å²) in [6, 6.07) is -4.66. The quantitative estimate of drug-likeness (QED) is 0.0511. The van der Waals surface area contributed by atoms with Crippen LogP contribution in [0.5, 0.6) is 0 Å². The summed E-state index contributed by atoms with van der Waals surface area (Å²) >= 11 is 0. The van der Waals surface area contributed by atoms with Crippen LogP contribution in [0.1, 0.15) is 51.6 Å². The van der Waals surface area contributed by atoms with Gasteiger partial charge in [0, 0.05) is 31.3 Å². The molecule has 1 aromatic heterocycles. The number of imidazole rings is 1. The molecule has 0 aromatic carbocycles. The predicted octanol–water partition coefficient (Wildman–Crippen LogP) is -2.82. The lowest BCUT2D eigenvalue weighted by Gasteiger charge is -2.25. The number of nitrogens with two attached hydrogens (primary N) is 4. The maximum atomic E-state index is 13.2. The zero-order valence-electron chi connectivity index (χ0n) is 22.2. The second-order valence-corrected chi connectivity index (χ2v) is 9.49. The van der Waals surface area contributed by atoms with Gasteiger partial charge in [-0.2, -0.15) is 0 Å². The van der Waals surface area contributed by atoms with Gasteiger partial charge in [-0.1, -0.05) is 13.8 Å². The molecule has 0 aliphatic carbocycles. The standard InChI is InChI=1S/C23H40N10O6/c1-12(2)8-17(22(38)39)33-21(37)16(5-6-18(25)34)32-20(36)15(4-3-7-29-23(26)27)31-19(35)14(24)9-13-10-28-11-30-13/h10-12,14-17H,3-9,24H2,1-2H3,(H2,25,34)(H,28,30)(H,31,35)(H,32,36)(H,33,37)(H,38,39)(H4,26,27,29). The van der Waals surface area contributed by atoms with Gasteiger partial charge in [-0.25, -0.2) is 9.78 Å². The summed E-state index contributed by atoms with van der Waals surface area (Å²) in [7, 11) is 0. The Morgan fingerprint density at radius 1 is 0.974 bits per heavy atom. The Morgan fingerprint density at radius 2 is 1.56 bits per heavy atom. The number of H-pyrrole nitrogens is 1. The molecule has 16 nitrogen and oxygen atoms in total. The molecule has 39 heavy (non-hydrogen) atoms. The van der Waals surface area contributed by atoms with Crippen LogP contribution in [0.2, 0.25) is 0 Å². The zero-order valence-corrected chi connectivity index (χ0v) is 22.2. The molecule has 1 rings (SSSR count). The molecule has 0 saturated heterocycles. The minimum Gasteiger partial charge on any atom is -0.480 e. The van der Waals surface area contributed by atoms with Gasteiger partial charge in [-0.15, -0.1) is 0 Å². The number of carboxylic acid groups (broad SMARTS) is 1. The number of nitrogens with zero attached hydrogens (tertiary/aromatic N) is 2. The van der Waals surface area contributed by atoms with Crippen molar-refractivity contribution in [3.05, 3.63) is 18.2 Å². The van der Waals surface area contributed by atoms with Gasteiger partial charge in [0.2, 0.25) is 23.6 Å². The number of aromatic nitrogens is 2. The number of carbonyl (C=O) groups is 5. The summed E-state index contributed by atoms with van der Waals surface area (Å²) in [5, 5.41) is 16.9. The highest BCUT2D eigenvalue weighted by Gasteiger charge is 2.30. The number of hydrogen-bond acceptors (Lipinski definition) is 8. The van der Waals surface area contributed by atoms with Gasteiger partial charge in [-0.3, -0.25) is 24.2 Å². The van der Waals surface area contributed by atoms with Gasteiger partial charge < -0.3 is 49.0 Å². The molecule has 4 atom stereocenters. The lowest BCUT2D eigenvalue weighted by molar-refractivity contribution is -0.143. The van der Waals surface area contributed by atoms with Gasteiger partial charge in [0.05, 0.1) is 12.4 Å². The summed E-state index contributed by atoms with van der Waals surface area (Å²) in [6.07, 6.45) is 3.16. The van der Waals surface area contributed by atoms with E-state index in [2.05, 4.69) is 30.9 Å². The Kier molecular flexibility index (Phi) is 14.0. The number of carboxylic acids is 1. The Labute approximate surface area is 226 Å². The summed E-state index contributed by atoms with van der Waals surface area (Å²) in [5.74, 6) is -4.33. The zero-order chi connectivity index (χ0) is 29.5. The van der Waals surface area contributed by atoms with Crippen LogP contribution in [-0.2, 0) is 30.4 Å². The number of primary amides is 1. The third-order valence-corrected chi connectivity index (χ3v) is 5.54. The summed E-state index contributed by atoms with van der Waals surface area (Å²) < 4.78 is 0. The van der Waals surface area contributed by atoms with Crippen LogP contribution in [-0.4, -0.2) is 81.3 Å². The third-order valence-electron chi connectivity index (χ3n) is 5.54. The van der Waals surface area contributed by atoms with Gasteiger partial charge >= 0.3 is 5.97 Å². The van der Waals surface area contributed by atoms with Crippen molar-refractivity contribution in [2.24, 2.45) is 33.8 Å². The number of amides is 4. The Hall–Kier alpha value is -4.21. The third kappa shape index (κ3) is 13.2. The first-order valence-electron chi connectivity index (χ1n) is 12.5. The van der Waals surface area contributed by atoms with Crippen LogP contribution in [0.4, 0.5) is 0 Å². The Morgan fingerprint density at radius 3 is 2.08 bits per heavy atom. The van der Waals surface area contributed by atoms with Crippen LogP contribution in [0, 0.1) is 5.92 Å². The van der Waals surface area contributed by atoms with Crippen molar-refractivity contribution in [2.75, 3.05) is 6.54 Å². The van der Waals surface area contributed by atoms with Crippen molar-refractivity contribution >= 4 is 35.6 Å². The largest absolute Gasteiger partial charge is 0.480 e. The minimum absolute atomic E-state index is 0.0409. The van der Waals surface area contributed by atoms with Gasteiger partial charge in [0.15, 0.2) is 5.96 Å². The number of rotatable bonds is 18. The highest BCUT2D eigenvalue weighted by atomic mass is 16.4. The number of guanidine groups is 1. The molecule has 218 valence electrons. The molecule has 1 aromatic rings. The molecule has 0 aliphatic rings. The molecule has 0 saturated carbocycles. The molecule has 0 radical (unpaired) electrons. The molecule has 0 aliphatic heterocycles. The molecule has 0 spiro atoms. The number of aliphatic carboxylic acids is 1. The first-order valence-corrected chi connectivity index (χ1v) is 12.5. The van der Waals surface area contributed by atoms with Crippen LogP contribution in [0.3, 0.4) is 0 Å². The fourth-order valence-electron chi connectivity index (χ4n) is 3.57. The maximum Gasteiger partial charge on any atom is 0.326 e. The molecule has 4 amide bonds. The highest BCUT2D eigenvalue weighted by Crippen LogP contribution is 2.08. The lowest BCUT2D eigenvalue weighted by atomic mass is 10.0. The molecular formula is C23H40N10O6. The van der Waals surface area contributed by atoms with E-state index in [4.69, 9.17) is 22.9 Å². The Balaban J connectivity index is 3.04. The minimum atomic E-state index is -1.30. The van der Waals surface area contributed by atoms with Crippen LogP contribution in [0.15, 0.2) is 17.5 Å². The van der Waals surface area contributed by atoms with E-state index >= 15 is 0 Å². The van der Waals surface area contributed by atoms with Gasteiger partial charge in [0.25, 0.3) is 0 Å². The monoisotopic (exact) mass is 552 g/mol. The van der Waals surface area contributed by atoms with Gasteiger partial charge in [-0.05, 0) is 31.6 Å². The SMILES string of the molecule is CC(C)CC(NC(=O)C(CCC(N)=O)NC(=O)C(CCCN=C(N)N)NC(=O)C(N)Cc1cnc[nH]1)C(=O)O. The highest BCUT2D eigenvalue weighted by molar-refractivity contribution is 5.94. The molecule has 0 bridgehead atoms. The number of nitrogens with one attached hydrogen (secondary N) is 4. The van der Waals surface area contributed by atoms with Crippen molar-refractivity contribution in [3.63, 3.8) is 0 Å². The summed E-state index contributed by atoms with van der Waals surface area (Å²) in [4.78, 5) is 72.5. The molecule has 16 heteroatoms. The smallest absolute Gasteiger partial charge is 0.326 e. The Bertz CT molecular complexity index is 994. The van der Waals surface area contributed by atoms with Crippen molar-refractivity contribution < 1.29 is 29.1 Å². The first-order chi connectivity index (χ1) is 18.3. The van der Waals surface area contributed by atoms with Crippen LogP contribution < -0.4 is 38.9 Å². The van der Waals surface area contributed by atoms with Crippen molar-refractivity contribution in [1.29, 1.82) is 0 Å². The number of aromatic amines is 1. The second-order valence-electron chi connectivity index (χ2n) is 9.49. The number of carbonyl (C=O) groups excluding carboxylic acids is 4. The normalized spacial score (nSPS) is 13.9. The first kappa shape index (κ1) is 32.8. The van der Waals surface area contributed by atoms with Gasteiger partial charge in [0.1, 0.15) is 18.1 Å². The topological polar surface area (TPSA) is 287 Å². The molecule has 13 N–H and O–H groups in total. The summed E-state index contributed by atoms with van der Waals surface area (Å²) in [5.41, 5.74) is 22.5. The van der Waals surface area contributed by atoms with E-state index in [0.29, 0.717) is 12.1 Å². The van der Waals surface area contributed by atoms with Crippen LogP contribution in [0.25, 0.3) is 0 Å². The average molecular weight is 553 g/mol. The van der Waals surface area contributed by atoms with E-state index in [1.54, 1.807) is 13.8 Å². The number of hydrogen-bond donors (Lipinski definition) is 9. The average Bonchev–Trinajstić information content (AvgIpc) is 3.35. The number of aliphatic imine (C=N–C) groups is 1. The van der Waals surface area contributed by atoms with E-state index in [9.17, 15) is 29.1 Å². The molecular weight excluding hydrogens is 512 g/mol. The van der Waals surface area contributed by atoms with E-state index in [-0.39, 0.29) is 50.5 Å². The maximum absolute atomic E-state index is 13.2. The molecule has 1 heterocycles. The van der Waals surface area contributed by atoms with Crippen LogP contribution >= 0.6 is 0 Å². The molecule has 0 fully saturated rings. The molecule has 4 unspecified atom stereocenters. The van der Waals surface area contributed by atoms with E-state index in [1.165, 1.54) is 12.5 Å². The van der Waals surface area contributed by atoms with Crippen molar-refractivity contribution in [1.82, 2.24) is 25.9 Å². The fourth-order valence-corrected chi connectivity index (χ4v) is 3.57. The van der Waals surface area contributed by atoms with E-state index in [0.717, 1.165) is 0 Å². The van der Waals surface area contributed by atoms with E-state index in [1.807, 2.05) is 0 Å². The van der Waals surface area contributed by atoms with Crippen molar-refractivity contribution in [2.45, 2.75) is 76.5 Å². The van der Waals surface area contributed by atoms with Crippen molar-refractivity contribution in [3.8, 4) is 0 Å². The second kappa shape index (κ2) is 16.6. The summed E-state index contributed by atoms with van der Waals surface area (Å²) in [6.45, 7) is 3.76. The van der Waals surface area contributed by atoms with E-state index < -0.39 is 53.8 Å². The fraction of sp³-hybridized carbons (Fsp3) is 0.609. The predicted molar refractivity (Wildman–Crippen MR) is 141 cm³/mol.